The second kappa shape index (κ2) is 14.0. The number of rotatable bonds is 10. The van der Waals surface area contributed by atoms with Crippen molar-refractivity contribution in [3.63, 3.8) is 0 Å². The fraction of sp³-hybridized carbons (Fsp3) is 0.0588. The Kier molecular flexibility index (Phi) is 9.69. The van der Waals surface area contributed by atoms with Gasteiger partial charge in [-0.2, -0.15) is 0 Å². The maximum absolute atomic E-state index is 10.8. The summed E-state index contributed by atoms with van der Waals surface area (Å²) in [5.74, 6) is 0.741. The van der Waals surface area contributed by atoms with Crippen molar-refractivity contribution < 1.29 is 19.7 Å². The van der Waals surface area contributed by atoms with Crippen molar-refractivity contribution in [2.75, 3.05) is 0 Å². The molecule has 0 aliphatic rings. The van der Waals surface area contributed by atoms with Gasteiger partial charge in [0.15, 0.2) is 23.0 Å². The number of halogens is 2. The molecule has 0 aliphatic carbocycles. The molecule has 2 N–H and O–H groups in total. The van der Waals surface area contributed by atoms with Gasteiger partial charge in [0.1, 0.15) is 13.2 Å². The SMILES string of the molecule is Oc1c(C=Nc2ccccc2N=Cc2cccc(OCc3ccc(Br)cc3)c2O)cccc1OCc1ccc(Br)cc1. The first-order chi connectivity index (χ1) is 20.5. The molecule has 42 heavy (non-hydrogen) atoms. The fourth-order valence-corrected chi connectivity index (χ4v) is 4.49. The number of phenols is 2. The lowest BCUT2D eigenvalue weighted by Crippen LogP contribution is -1.96. The highest BCUT2D eigenvalue weighted by Crippen LogP contribution is 2.33. The Balaban J connectivity index is 1.29. The van der Waals surface area contributed by atoms with Crippen molar-refractivity contribution in [3.8, 4) is 23.0 Å². The van der Waals surface area contributed by atoms with Crippen LogP contribution in [0.2, 0.25) is 0 Å². The van der Waals surface area contributed by atoms with Gasteiger partial charge in [0.05, 0.1) is 11.4 Å². The minimum atomic E-state index is 0.00391. The number of benzene rings is 5. The van der Waals surface area contributed by atoms with Crippen LogP contribution >= 0.6 is 31.9 Å². The third kappa shape index (κ3) is 7.66. The fourth-order valence-electron chi connectivity index (χ4n) is 3.96. The Hall–Kier alpha value is -4.40. The van der Waals surface area contributed by atoms with Gasteiger partial charge in [0.2, 0.25) is 0 Å². The lowest BCUT2D eigenvalue weighted by molar-refractivity contribution is 0.289. The Morgan fingerprint density at radius 1 is 0.524 bits per heavy atom. The van der Waals surface area contributed by atoms with Crippen LogP contribution in [0.5, 0.6) is 23.0 Å². The first kappa shape index (κ1) is 29.1. The standard InChI is InChI=1S/C34H26Br2N2O4/c35-27-15-11-23(12-16-27)21-41-31-9-3-5-25(33(31)39)19-37-29-7-1-2-8-30(29)38-20-26-6-4-10-32(34(26)40)42-22-24-13-17-28(36)18-14-24/h1-20,39-40H,21-22H2. The van der Waals surface area contributed by atoms with Gasteiger partial charge in [0, 0.05) is 32.5 Å². The van der Waals surface area contributed by atoms with E-state index in [1.165, 1.54) is 0 Å². The first-order valence-electron chi connectivity index (χ1n) is 13.0. The topological polar surface area (TPSA) is 83.6 Å². The number of aliphatic imine (C=N–C) groups is 2. The van der Waals surface area contributed by atoms with Gasteiger partial charge in [-0.1, -0.05) is 80.4 Å². The molecule has 0 atom stereocenters. The van der Waals surface area contributed by atoms with E-state index in [9.17, 15) is 10.2 Å². The van der Waals surface area contributed by atoms with Gasteiger partial charge in [-0.15, -0.1) is 0 Å². The molecule has 0 radical (unpaired) electrons. The van der Waals surface area contributed by atoms with Crippen LogP contribution in [-0.2, 0) is 13.2 Å². The van der Waals surface area contributed by atoms with E-state index < -0.39 is 0 Å². The Morgan fingerprint density at radius 3 is 1.33 bits per heavy atom. The van der Waals surface area contributed by atoms with E-state index in [0.29, 0.717) is 47.2 Å². The number of hydrogen-bond acceptors (Lipinski definition) is 6. The molecule has 0 unspecified atom stereocenters. The van der Waals surface area contributed by atoms with Crippen LogP contribution in [0.25, 0.3) is 0 Å². The smallest absolute Gasteiger partial charge is 0.166 e. The molecule has 5 aromatic carbocycles. The summed E-state index contributed by atoms with van der Waals surface area (Å²) in [6.45, 7) is 0.643. The highest BCUT2D eigenvalue weighted by atomic mass is 79.9. The zero-order valence-electron chi connectivity index (χ0n) is 22.3. The minimum absolute atomic E-state index is 0.00391. The van der Waals surface area contributed by atoms with Gasteiger partial charge in [-0.05, 0) is 71.8 Å². The molecular weight excluding hydrogens is 660 g/mol. The maximum Gasteiger partial charge on any atom is 0.166 e. The largest absolute Gasteiger partial charge is 0.504 e. The van der Waals surface area contributed by atoms with Crippen LogP contribution in [0.1, 0.15) is 22.3 Å². The number of hydrogen-bond donors (Lipinski definition) is 2. The van der Waals surface area contributed by atoms with E-state index in [4.69, 9.17) is 9.47 Å². The molecule has 0 spiro atoms. The van der Waals surface area contributed by atoms with Gasteiger partial charge in [-0.25, -0.2) is 0 Å². The van der Waals surface area contributed by atoms with Gasteiger partial charge >= 0.3 is 0 Å². The monoisotopic (exact) mass is 684 g/mol. The van der Waals surface area contributed by atoms with Crippen LogP contribution in [0.4, 0.5) is 11.4 Å². The summed E-state index contributed by atoms with van der Waals surface area (Å²) in [6.07, 6.45) is 3.15. The van der Waals surface area contributed by atoms with Crippen LogP contribution in [0.15, 0.2) is 128 Å². The summed E-state index contributed by atoms with van der Waals surface area (Å²) in [7, 11) is 0. The Labute approximate surface area is 260 Å². The van der Waals surface area contributed by atoms with E-state index in [1.54, 1.807) is 48.8 Å². The molecule has 0 bridgehead atoms. The summed E-state index contributed by atoms with van der Waals surface area (Å²) in [4.78, 5) is 9.16. The molecule has 5 aromatic rings. The van der Waals surface area contributed by atoms with E-state index in [1.807, 2.05) is 72.8 Å². The third-order valence-corrected chi connectivity index (χ3v) is 7.30. The summed E-state index contributed by atoms with van der Waals surface area (Å²) < 4.78 is 13.7. The predicted molar refractivity (Wildman–Crippen MR) is 174 cm³/mol. The molecular formula is C34H26Br2N2O4. The van der Waals surface area contributed by atoms with E-state index >= 15 is 0 Å². The van der Waals surface area contributed by atoms with Gasteiger partial charge in [0.25, 0.3) is 0 Å². The highest BCUT2D eigenvalue weighted by Gasteiger charge is 2.09. The number of ether oxygens (including phenoxy) is 2. The van der Waals surface area contributed by atoms with Crippen LogP contribution in [0.3, 0.4) is 0 Å². The van der Waals surface area contributed by atoms with Crippen LogP contribution in [0, 0.1) is 0 Å². The van der Waals surface area contributed by atoms with Gasteiger partial charge in [-0.3, -0.25) is 9.98 Å². The van der Waals surface area contributed by atoms with Crippen molar-refractivity contribution in [1.29, 1.82) is 0 Å². The van der Waals surface area contributed by atoms with Crippen molar-refractivity contribution in [2.45, 2.75) is 13.2 Å². The number of aromatic hydroxyl groups is 2. The minimum Gasteiger partial charge on any atom is -0.504 e. The average Bonchev–Trinajstić information content (AvgIpc) is 3.01. The Morgan fingerprint density at radius 2 is 0.929 bits per heavy atom. The van der Waals surface area contributed by atoms with E-state index in [2.05, 4.69) is 41.8 Å². The summed E-state index contributed by atoms with van der Waals surface area (Å²) in [5, 5.41) is 21.6. The molecule has 6 nitrogen and oxygen atoms in total. The predicted octanol–water partition coefficient (Wildman–Crippen LogP) is 9.28. The van der Waals surface area contributed by atoms with Crippen LogP contribution in [-0.4, -0.2) is 22.6 Å². The molecule has 0 saturated heterocycles. The summed E-state index contributed by atoms with van der Waals surface area (Å²) >= 11 is 6.85. The lowest BCUT2D eigenvalue weighted by atomic mass is 10.2. The van der Waals surface area contributed by atoms with E-state index in [0.717, 1.165) is 20.1 Å². The average molecular weight is 686 g/mol. The molecule has 0 aromatic heterocycles. The molecule has 210 valence electrons. The molecule has 0 fully saturated rings. The first-order valence-corrected chi connectivity index (χ1v) is 14.6. The molecule has 0 saturated carbocycles. The number of para-hydroxylation sites is 4. The lowest BCUT2D eigenvalue weighted by Gasteiger charge is -2.10. The maximum atomic E-state index is 10.8. The summed E-state index contributed by atoms with van der Waals surface area (Å²) in [5.41, 5.74) is 4.17. The van der Waals surface area contributed by atoms with Crippen molar-refractivity contribution >= 4 is 55.7 Å². The number of phenolic OH excluding ortho intramolecular Hbond substituents is 2. The zero-order chi connectivity index (χ0) is 29.3. The van der Waals surface area contributed by atoms with Gasteiger partial charge < -0.3 is 19.7 Å². The number of nitrogens with zero attached hydrogens (tertiary/aromatic N) is 2. The third-order valence-electron chi connectivity index (χ3n) is 6.24. The second-order valence-corrected chi connectivity index (χ2v) is 11.1. The van der Waals surface area contributed by atoms with E-state index in [-0.39, 0.29) is 11.5 Å². The molecule has 0 aliphatic heterocycles. The normalized spacial score (nSPS) is 11.3. The van der Waals surface area contributed by atoms with Crippen molar-refractivity contribution in [1.82, 2.24) is 0 Å². The molecule has 0 heterocycles. The highest BCUT2D eigenvalue weighted by molar-refractivity contribution is 9.10. The molecule has 5 rings (SSSR count). The molecule has 8 heteroatoms. The quantitative estimate of drug-likeness (QED) is 0.144. The molecule has 0 amide bonds. The second-order valence-electron chi connectivity index (χ2n) is 9.22. The van der Waals surface area contributed by atoms with Crippen LogP contribution < -0.4 is 9.47 Å². The Bertz CT molecular complexity index is 1590. The zero-order valence-corrected chi connectivity index (χ0v) is 25.5. The van der Waals surface area contributed by atoms with Crippen molar-refractivity contribution in [2.24, 2.45) is 9.98 Å². The summed E-state index contributed by atoms with van der Waals surface area (Å²) in [6, 6.07) is 33.5. The van der Waals surface area contributed by atoms with Crippen molar-refractivity contribution in [3.05, 3.63) is 140 Å².